The van der Waals surface area contributed by atoms with Crippen LogP contribution < -0.4 is 0 Å². The number of para-hydroxylation sites is 4. The molecule has 0 saturated heterocycles. The molecule has 3 nitrogen and oxygen atoms in total. The van der Waals surface area contributed by atoms with Crippen molar-refractivity contribution < 1.29 is 8.83 Å². The topological polar surface area (TPSA) is 31.2 Å². The summed E-state index contributed by atoms with van der Waals surface area (Å²) in [5.74, 6) is 0. The number of hydrogen-bond acceptors (Lipinski definition) is 2. The van der Waals surface area contributed by atoms with Gasteiger partial charge in [0.1, 0.15) is 16.7 Å². The van der Waals surface area contributed by atoms with Crippen molar-refractivity contribution in [2.24, 2.45) is 0 Å². The molecule has 3 heterocycles. The quantitative estimate of drug-likeness (QED) is 0.210. The maximum Gasteiger partial charge on any atom is 0.159 e. The standard InChI is InChI=1S/C42H25NO2/c1-2-12-26(13-3-1)27-24-25-31(30-17-11-23-38-39(30)32-16-6-9-22-37(32)44-38)40-33-18-10-21-36(41(33)45-42(27)40)43-34-19-7-4-14-28(34)29-15-5-8-20-35(29)43/h1-25H. The number of fused-ring (bicyclic) bond motifs is 9. The summed E-state index contributed by atoms with van der Waals surface area (Å²) in [4.78, 5) is 0. The minimum atomic E-state index is 0.868. The molecule has 3 aromatic heterocycles. The van der Waals surface area contributed by atoms with Crippen LogP contribution in [0, 0.1) is 0 Å². The molecule has 0 aliphatic carbocycles. The predicted octanol–water partition coefficient (Wildman–Crippen LogP) is 11.9. The Kier molecular flexibility index (Phi) is 5.00. The van der Waals surface area contributed by atoms with Crippen molar-refractivity contribution in [3.8, 4) is 27.9 Å². The Morgan fingerprint density at radius 2 is 0.956 bits per heavy atom. The number of hydrogen-bond donors (Lipinski definition) is 0. The predicted molar refractivity (Wildman–Crippen MR) is 186 cm³/mol. The van der Waals surface area contributed by atoms with Crippen LogP contribution in [-0.2, 0) is 0 Å². The number of aromatic nitrogens is 1. The van der Waals surface area contributed by atoms with E-state index in [1.165, 1.54) is 10.8 Å². The monoisotopic (exact) mass is 575 g/mol. The molecule has 3 heteroatoms. The van der Waals surface area contributed by atoms with Gasteiger partial charge in [0.2, 0.25) is 0 Å². The Labute approximate surface area is 258 Å². The zero-order valence-electron chi connectivity index (χ0n) is 24.2. The van der Waals surface area contributed by atoms with Gasteiger partial charge >= 0.3 is 0 Å². The van der Waals surface area contributed by atoms with Crippen molar-refractivity contribution in [1.82, 2.24) is 4.57 Å². The second kappa shape index (κ2) is 9.22. The molecule has 0 aliphatic rings. The van der Waals surface area contributed by atoms with E-state index in [1.807, 2.05) is 12.1 Å². The maximum absolute atomic E-state index is 7.09. The van der Waals surface area contributed by atoms with Crippen molar-refractivity contribution in [2.45, 2.75) is 0 Å². The zero-order chi connectivity index (χ0) is 29.5. The number of furan rings is 2. The molecule has 45 heavy (non-hydrogen) atoms. The minimum absolute atomic E-state index is 0.868. The lowest BCUT2D eigenvalue weighted by Crippen LogP contribution is -1.94. The molecule has 0 bridgehead atoms. The molecule has 210 valence electrons. The summed E-state index contributed by atoms with van der Waals surface area (Å²) in [6.07, 6.45) is 0. The first-order chi connectivity index (χ1) is 22.3. The molecule has 0 spiro atoms. The van der Waals surface area contributed by atoms with Crippen molar-refractivity contribution in [1.29, 1.82) is 0 Å². The average Bonchev–Trinajstić information content (AvgIpc) is 3.78. The van der Waals surface area contributed by atoms with Crippen LogP contribution in [-0.4, -0.2) is 4.57 Å². The maximum atomic E-state index is 7.09. The first-order valence-corrected chi connectivity index (χ1v) is 15.3. The van der Waals surface area contributed by atoms with Crippen molar-refractivity contribution in [2.75, 3.05) is 0 Å². The number of benzene rings is 7. The lowest BCUT2D eigenvalue weighted by molar-refractivity contribution is 0.667. The Bertz CT molecular complexity index is 2710. The van der Waals surface area contributed by atoms with E-state index in [-0.39, 0.29) is 0 Å². The van der Waals surface area contributed by atoms with Gasteiger partial charge in [0.25, 0.3) is 0 Å². The van der Waals surface area contributed by atoms with Gasteiger partial charge in [-0.1, -0.05) is 115 Å². The Morgan fingerprint density at radius 1 is 0.356 bits per heavy atom. The molecule has 0 amide bonds. The summed E-state index contributed by atoms with van der Waals surface area (Å²) in [6.45, 7) is 0. The number of rotatable bonds is 3. The van der Waals surface area contributed by atoms with E-state index in [9.17, 15) is 0 Å². The Balaban J connectivity index is 1.36. The zero-order valence-corrected chi connectivity index (χ0v) is 24.2. The van der Waals surface area contributed by atoms with Crippen LogP contribution in [0.15, 0.2) is 160 Å². The van der Waals surface area contributed by atoms with E-state index >= 15 is 0 Å². The summed E-state index contributed by atoms with van der Waals surface area (Å²) in [5.41, 5.74) is 11.3. The average molecular weight is 576 g/mol. The third-order valence-electron chi connectivity index (χ3n) is 9.22. The van der Waals surface area contributed by atoms with Gasteiger partial charge in [0.05, 0.1) is 16.7 Å². The van der Waals surface area contributed by atoms with Crippen molar-refractivity contribution in [3.05, 3.63) is 152 Å². The third-order valence-corrected chi connectivity index (χ3v) is 9.22. The van der Waals surface area contributed by atoms with Gasteiger partial charge in [-0.05, 0) is 53.1 Å². The SMILES string of the molecule is c1ccc(-c2ccc(-c3cccc4oc5ccccc5c34)c3c2oc2c(-n4c5ccccc5c5ccccc54)cccc23)cc1. The first kappa shape index (κ1) is 24.4. The van der Waals surface area contributed by atoms with Gasteiger partial charge in [0.15, 0.2) is 5.58 Å². The first-order valence-electron chi connectivity index (χ1n) is 15.3. The minimum Gasteiger partial charge on any atom is -0.456 e. The lowest BCUT2D eigenvalue weighted by atomic mass is 9.92. The Morgan fingerprint density at radius 3 is 1.76 bits per heavy atom. The van der Waals surface area contributed by atoms with E-state index in [0.29, 0.717) is 0 Å². The summed E-state index contributed by atoms with van der Waals surface area (Å²) < 4.78 is 15.8. The van der Waals surface area contributed by atoms with E-state index in [4.69, 9.17) is 8.83 Å². The molecule has 0 unspecified atom stereocenters. The highest BCUT2D eigenvalue weighted by molar-refractivity contribution is 6.22. The molecule has 10 rings (SSSR count). The molecule has 0 aliphatic heterocycles. The second-order valence-electron chi connectivity index (χ2n) is 11.6. The largest absolute Gasteiger partial charge is 0.456 e. The summed E-state index contributed by atoms with van der Waals surface area (Å²) >= 11 is 0. The summed E-state index contributed by atoms with van der Waals surface area (Å²) in [5, 5.41) is 6.88. The van der Waals surface area contributed by atoms with E-state index in [0.717, 1.165) is 82.9 Å². The molecule has 0 fully saturated rings. The van der Waals surface area contributed by atoms with Crippen LogP contribution in [0.2, 0.25) is 0 Å². The van der Waals surface area contributed by atoms with Crippen LogP contribution in [0.1, 0.15) is 0 Å². The van der Waals surface area contributed by atoms with Crippen molar-refractivity contribution >= 4 is 65.7 Å². The molecule has 0 atom stereocenters. The normalized spacial score (nSPS) is 12.0. The van der Waals surface area contributed by atoms with Crippen LogP contribution in [0.4, 0.5) is 0 Å². The van der Waals surface area contributed by atoms with E-state index in [1.54, 1.807) is 0 Å². The van der Waals surface area contributed by atoms with Gasteiger partial charge in [-0.25, -0.2) is 0 Å². The molecular weight excluding hydrogens is 550 g/mol. The fraction of sp³-hybridized carbons (Fsp3) is 0. The van der Waals surface area contributed by atoms with Crippen LogP contribution in [0.3, 0.4) is 0 Å². The highest BCUT2D eigenvalue weighted by atomic mass is 16.3. The van der Waals surface area contributed by atoms with Crippen LogP contribution in [0.25, 0.3) is 93.6 Å². The highest BCUT2D eigenvalue weighted by Gasteiger charge is 2.23. The third kappa shape index (κ3) is 3.41. The molecule has 0 saturated carbocycles. The van der Waals surface area contributed by atoms with Crippen LogP contribution in [0.5, 0.6) is 0 Å². The summed E-state index contributed by atoms with van der Waals surface area (Å²) in [7, 11) is 0. The lowest BCUT2D eigenvalue weighted by Gasteiger charge is -2.10. The highest BCUT2D eigenvalue weighted by Crippen LogP contribution is 2.46. The van der Waals surface area contributed by atoms with Gasteiger partial charge < -0.3 is 13.4 Å². The summed E-state index contributed by atoms with van der Waals surface area (Å²) in [6, 6.07) is 53.4. The molecular formula is C42H25NO2. The number of nitrogens with zero attached hydrogens (tertiary/aromatic N) is 1. The molecule has 0 N–H and O–H groups in total. The van der Waals surface area contributed by atoms with Gasteiger partial charge in [-0.2, -0.15) is 0 Å². The van der Waals surface area contributed by atoms with Crippen molar-refractivity contribution in [3.63, 3.8) is 0 Å². The van der Waals surface area contributed by atoms with E-state index < -0.39 is 0 Å². The van der Waals surface area contributed by atoms with Gasteiger partial charge in [-0.15, -0.1) is 0 Å². The van der Waals surface area contributed by atoms with E-state index in [2.05, 4.69) is 144 Å². The molecule has 0 radical (unpaired) electrons. The smallest absolute Gasteiger partial charge is 0.159 e. The second-order valence-corrected chi connectivity index (χ2v) is 11.6. The van der Waals surface area contributed by atoms with Crippen LogP contribution >= 0.6 is 0 Å². The Hall–Kier alpha value is -6.06. The van der Waals surface area contributed by atoms with Gasteiger partial charge in [0, 0.05) is 37.9 Å². The fourth-order valence-corrected chi connectivity index (χ4v) is 7.31. The molecule has 10 aromatic rings. The van der Waals surface area contributed by atoms with Gasteiger partial charge in [-0.3, -0.25) is 0 Å². The molecule has 7 aromatic carbocycles. The fourth-order valence-electron chi connectivity index (χ4n) is 7.31.